The largest absolute Gasteiger partial charge is 0.469 e. The summed E-state index contributed by atoms with van der Waals surface area (Å²) in [6, 6.07) is 8.16. The zero-order valence-electron chi connectivity index (χ0n) is 11.6. The number of benzene rings is 1. The Kier molecular flexibility index (Phi) is 4.16. The molecule has 0 radical (unpaired) electrons. The fourth-order valence-electron chi connectivity index (χ4n) is 2.12. The van der Waals surface area contributed by atoms with Gasteiger partial charge in [0.05, 0.1) is 24.7 Å². The highest BCUT2D eigenvalue weighted by atomic mass is 16.5. The second kappa shape index (κ2) is 5.84. The van der Waals surface area contributed by atoms with Crippen LogP contribution in [0, 0.1) is 0 Å². The topological polar surface area (TPSA) is 47.4 Å². The Bertz CT molecular complexity index is 577. The second-order valence-corrected chi connectivity index (χ2v) is 4.65. The maximum Gasteiger partial charge on any atom is 0.306 e. The van der Waals surface area contributed by atoms with Gasteiger partial charge in [0, 0.05) is 25.5 Å². The molecule has 0 aliphatic heterocycles. The minimum Gasteiger partial charge on any atom is -0.469 e. The van der Waals surface area contributed by atoms with Gasteiger partial charge in [0.25, 0.3) is 0 Å². The van der Waals surface area contributed by atoms with E-state index in [4.69, 9.17) is 0 Å². The van der Waals surface area contributed by atoms with E-state index in [2.05, 4.69) is 26.9 Å². The van der Waals surface area contributed by atoms with Gasteiger partial charge in [-0.15, -0.1) is 0 Å². The molecule has 0 atom stereocenters. The number of hydrogen-bond donors (Lipinski definition) is 0. The number of hydrogen-bond acceptors (Lipinski definition) is 4. The van der Waals surface area contributed by atoms with Crippen LogP contribution in [0.4, 0.5) is 0 Å². The first-order chi connectivity index (χ1) is 9.11. The molecule has 0 N–H and O–H groups in total. The van der Waals surface area contributed by atoms with E-state index in [0.29, 0.717) is 13.0 Å². The van der Waals surface area contributed by atoms with Gasteiger partial charge < -0.3 is 4.74 Å². The number of esters is 1. The van der Waals surface area contributed by atoms with Gasteiger partial charge in [-0.05, 0) is 13.1 Å². The van der Waals surface area contributed by atoms with E-state index < -0.39 is 0 Å². The summed E-state index contributed by atoms with van der Waals surface area (Å²) in [4.78, 5) is 13.2. The van der Waals surface area contributed by atoms with Crippen LogP contribution < -0.4 is 0 Å². The second-order valence-electron chi connectivity index (χ2n) is 4.65. The van der Waals surface area contributed by atoms with E-state index >= 15 is 0 Å². The number of carbonyl (C=O) groups excluding carboxylic acids is 1. The SMILES string of the molecule is COC(=O)CCN(C)Cc1nn(C)c2ccccc12. The number of carbonyl (C=O) groups is 1. The molecule has 1 aromatic heterocycles. The van der Waals surface area contributed by atoms with Crippen molar-refractivity contribution in [2.24, 2.45) is 7.05 Å². The predicted octanol–water partition coefficient (Wildman–Crippen LogP) is 1.57. The molecule has 0 fully saturated rings. The lowest BCUT2D eigenvalue weighted by Gasteiger charge is -2.14. The molecular weight excluding hydrogens is 242 g/mol. The van der Waals surface area contributed by atoms with Gasteiger partial charge in [-0.25, -0.2) is 0 Å². The van der Waals surface area contributed by atoms with Crippen LogP contribution in [0.3, 0.4) is 0 Å². The summed E-state index contributed by atoms with van der Waals surface area (Å²) >= 11 is 0. The number of ether oxygens (including phenoxy) is 1. The first kappa shape index (κ1) is 13.5. The van der Waals surface area contributed by atoms with Crippen molar-refractivity contribution in [2.75, 3.05) is 20.7 Å². The van der Waals surface area contributed by atoms with Crippen LogP contribution in [0.5, 0.6) is 0 Å². The summed E-state index contributed by atoms with van der Waals surface area (Å²) in [7, 11) is 5.33. The molecule has 0 saturated carbocycles. The predicted molar refractivity (Wildman–Crippen MR) is 73.7 cm³/mol. The number of aryl methyl sites for hydroxylation is 1. The smallest absolute Gasteiger partial charge is 0.306 e. The number of methoxy groups -OCH3 is 1. The summed E-state index contributed by atoms with van der Waals surface area (Å²) in [5.74, 6) is -0.183. The highest BCUT2D eigenvalue weighted by molar-refractivity contribution is 5.81. The molecule has 0 unspecified atom stereocenters. The average molecular weight is 261 g/mol. The van der Waals surface area contributed by atoms with E-state index in [1.54, 1.807) is 0 Å². The van der Waals surface area contributed by atoms with Crippen molar-refractivity contribution < 1.29 is 9.53 Å². The lowest BCUT2D eigenvalue weighted by atomic mass is 10.2. The Balaban J connectivity index is 2.07. The zero-order chi connectivity index (χ0) is 13.8. The van der Waals surface area contributed by atoms with E-state index in [0.717, 1.165) is 23.1 Å². The third-order valence-corrected chi connectivity index (χ3v) is 3.18. The Hall–Kier alpha value is -1.88. The van der Waals surface area contributed by atoms with Crippen molar-refractivity contribution in [3.05, 3.63) is 30.0 Å². The van der Waals surface area contributed by atoms with Gasteiger partial charge in [0.2, 0.25) is 0 Å². The summed E-state index contributed by atoms with van der Waals surface area (Å²) in [6.45, 7) is 1.38. The van der Waals surface area contributed by atoms with E-state index in [1.165, 1.54) is 7.11 Å². The molecule has 0 aliphatic rings. The van der Waals surface area contributed by atoms with Gasteiger partial charge in [-0.3, -0.25) is 14.4 Å². The van der Waals surface area contributed by atoms with Crippen molar-refractivity contribution in [3.8, 4) is 0 Å². The van der Waals surface area contributed by atoms with Crippen molar-refractivity contribution in [1.82, 2.24) is 14.7 Å². The van der Waals surface area contributed by atoms with Crippen LogP contribution in [0.1, 0.15) is 12.1 Å². The first-order valence-corrected chi connectivity index (χ1v) is 6.28. The molecule has 2 rings (SSSR count). The first-order valence-electron chi connectivity index (χ1n) is 6.28. The highest BCUT2D eigenvalue weighted by Gasteiger charge is 2.11. The summed E-state index contributed by atoms with van der Waals surface area (Å²) in [5, 5.41) is 5.70. The molecule has 1 aromatic carbocycles. The molecule has 0 aliphatic carbocycles. The molecule has 0 saturated heterocycles. The molecule has 0 bridgehead atoms. The average Bonchev–Trinajstić information content (AvgIpc) is 2.73. The number of rotatable bonds is 5. The molecule has 19 heavy (non-hydrogen) atoms. The minimum absolute atomic E-state index is 0.183. The lowest BCUT2D eigenvalue weighted by molar-refractivity contribution is -0.140. The molecule has 2 aromatic rings. The third kappa shape index (κ3) is 3.12. The van der Waals surface area contributed by atoms with E-state index in [9.17, 15) is 4.79 Å². The van der Waals surface area contributed by atoms with Gasteiger partial charge >= 0.3 is 5.97 Å². The molecular formula is C14H19N3O2. The Morgan fingerprint density at radius 3 is 2.89 bits per heavy atom. The van der Waals surface area contributed by atoms with Crippen molar-refractivity contribution in [1.29, 1.82) is 0 Å². The molecule has 1 heterocycles. The monoisotopic (exact) mass is 261 g/mol. The number of para-hydroxylation sites is 1. The molecule has 5 nitrogen and oxygen atoms in total. The van der Waals surface area contributed by atoms with Crippen molar-refractivity contribution >= 4 is 16.9 Å². The van der Waals surface area contributed by atoms with Gasteiger partial charge in [0.15, 0.2) is 0 Å². The summed E-state index contributed by atoms with van der Waals surface area (Å²) in [6.07, 6.45) is 0.401. The van der Waals surface area contributed by atoms with Crippen LogP contribution in [-0.2, 0) is 23.1 Å². The minimum atomic E-state index is -0.183. The normalized spacial score (nSPS) is 11.2. The quantitative estimate of drug-likeness (QED) is 0.766. The van der Waals surface area contributed by atoms with Crippen LogP contribution in [0.2, 0.25) is 0 Å². The Morgan fingerprint density at radius 2 is 2.16 bits per heavy atom. The summed E-state index contributed by atoms with van der Waals surface area (Å²) in [5.41, 5.74) is 2.16. The molecule has 0 amide bonds. The van der Waals surface area contributed by atoms with E-state index in [-0.39, 0.29) is 5.97 Å². The van der Waals surface area contributed by atoms with Gasteiger partial charge in [-0.2, -0.15) is 5.10 Å². The standard InChI is InChI=1S/C14H19N3O2/c1-16(9-8-14(18)19-3)10-12-11-6-4-5-7-13(11)17(2)15-12/h4-7H,8-10H2,1-3H3. The fraction of sp³-hybridized carbons (Fsp3) is 0.429. The molecule has 102 valence electrons. The maximum absolute atomic E-state index is 11.1. The third-order valence-electron chi connectivity index (χ3n) is 3.18. The number of fused-ring (bicyclic) bond motifs is 1. The van der Waals surface area contributed by atoms with Crippen molar-refractivity contribution in [3.63, 3.8) is 0 Å². The van der Waals surface area contributed by atoms with Crippen molar-refractivity contribution in [2.45, 2.75) is 13.0 Å². The van der Waals surface area contributed by atoms with Crippen LogP contribution in [-0.4, -0.2) is 41.4 Å². The molecule has 0 spiro atoms. The van der Waals surface area contributed by atoms with Crippen LogP contribution in [0.25, 0.3) is 10.9 Å². The molecule has 5 heteroatoms. The van der Waals surface area contributed by atoms with Gasteiger partial charge in [-0.1, -0.05) is 18.2 Å². The Labute approximate surface area is 112 Å². The van der Waals surface area contributed by atoms with Crippen LogP contribution in [0.15, 0.2) is 24.3 Å². The lowest BCUT2D eigenvalue weighted by Crippen LogP contribution is -2.22. The van der Waals surface area contributed by atoms with Crippen LogP contribution >= 0.6 is 0 Å². The highest BCUT2D eigenvalue weighted by Crippen LogP contribution is 2.18. The fourth-order valence-corrected chi connectivity index (χ4v) is 2.12. The number of aromatic nitrogens is 2. The van der Waals surface area contributed by atoms with Gasteiger partial charge in [0.1, 0.15) is 0 Å². The van der Waals surface area contributed by atoms with E-state index in [1.807, 2.05) is 30.9 Å². The Morgan fingerprint density at radius 1 is 1.42 bits per heavy atom. The maximum atomic E-state index is 11.1. The number of nitrogens with zero attached hydrogens (tertiary/aromatic N) is 3. The summed E-state index contributed by atoms with van der Waals surface area (Å²) < 4.78 is 6.53. The zero-order valence-corrected chi connectivity index (χ0v) is 11.6.